The molecule has 0 aliphatic heterocycles. The molecule has 0 aromatic heterocycles. The molecule has 2 aromatic carbocycles. The van der Waals surface area contributed by atoms with Crippen LogP contribution in [0.25, 0.3) is 0 Å². The van der Waals surface area contributed by atoms with E-state index in [9.17, 15) is 0 Å². The van der Waals surface area contributed by atoms with Crippen molar-refractivity contribution in [1.29, 1.82) is 0 Å². The zero-order valence-corrected chi connectivity index (χ0v) is 11.5. The molecular formula is C17H22N2. The highest BCUT2D eigenvalue weighted by Gasteiger charge is 2.09. The van der Waals surface area contributed by atoms with Crippen LogP contribution in [-0.4, -0.2) is 13.1 Å². The Hall–Kier alpha value is -1.80. The number of rotatable bonds is 6. The molecule has 0 unspecified atom stereocenters. The Kier molecular flexibility index (Phi) is 4.99. The van der Waals surface area contributed by atoms with Crippen LogP contribution >= 0.6 is 0 Å². The van der Waals surface area contributed by atoms with Gasteiger partial charge in [0.1, 0.15) is 0 Å². The van der Waals surface area contributed by atoms with Gasteiger partial charge in [0.15, 0.2) is 0 Å². The largest absolute Gasteiger partial charge is 0.367 e. The van der Waals surface area contributed by atoms with E-state index < -0.39 is 0 Å². The first-order valence-electron chi connectivity index (χ1n) is 6.92. The minimum absolute atomic E-state index is 0.694. The molecule has 2 heteroatoms. The van der Waals surface area contributed by atoms with Crippen molar-refractivity contribution in [3.8, 4) is 0 Å². The maximum Gasteiger partial charge on any atom is 0.0429 e. The molecule has 2 aromatic rings. The predicted octanol–water partition coefficient (Wildman–Crippen LogP) is 3.21. The normalized spacial score (nSPS) is 10.4. The maximum absolute atomic E-state index is 5.71. The average molecular weight is 254 g/mol. The third kappa shape index (κ3) is 3.58. The molecule has 0 saturated heterocycles. The number of hydrogen-bond acceptors (Lipinski definition) is 2. The van der Waals surface area contributed by atoms with Gasteiger partial charge in [-0.1, -0.05) is 48.5 Å². The summed E-state index contributed by atoms with van der Waals surface area (Å²) in [4.78, 5) is 2.40. The summed E-state index contributed by atoms with van der Waals surface area (Å²) >= 11 is 0. The Morgan fingerprint density at radius 3 is 2.32 bits per heavy atom. The third-order valence-electron chi connectivity index (χ3n) is 3.34. The van der Waals surface area contributed by atoms with Crippen LogP contribution in [0.5, 0.6) is 0 Å². The Morgan fingerprint density at radius 2 is 1.63 bits per heavy atom. The first kappa shape index (κ1) is 13.6. The van der Waals surface area contributed by atoms with E-state index >= 15 is 0 Å². The van der Waals surface area contributed by atoms with Crippen molar-refractivity contribution in [3.63, 3.8) is 0 Å². The van der Waals surface area contributed by atoms with Crippen molar-refractivity contribution < 1.29 is 0 Å². The van der Waals surface area contributed by atoms with Crippen LogP contribution in [-0.2, 0) is 13.0 Å². The van der Waals surface area contributed by atoms with E-state index in [-0.39, 0.29) is 0 Å². The molecule has 0 atom stereocenters. The highest BCUT2D eigenvalue weighted by atomic mass is 15.1. The van der Waals surface area contributed by atoms with E-state index in [1.54, 1.807) is 0 Å². The van der Waals surface area contributed by atoms with Crippen LogP contribution in [0.4, 0.5) is 5.69 Å². The number of nitrogens with zero attached hydrogens (tertiary/aromatic N) is 1. The standard InChI is InChI=1S/C17H22N2/c1-2-19(14-15-8-4-3-5-9-15)17-11-7-6-10-16(17)12-13-18/h3-11H,2,12-14,18H2,1H3. The monoisotopic (exact) mass is 254 g/mol. The van der Waals surface area contributed by atoms with Gasteiger partial charge in [-0.25, -0.2) is 0 Å². The van der Waals surface area contributed by atoms with Crippen LogP contribution in [0.3, 0.4) is 0 Å². The van der Waals surface area contributed by atoms with Gasteiger partial charge in [0.2, 0.25) is 0 Å². The van der Waals surface area contributed by atoms with Gasteiger partial charge in [0.25, 0.3) is 0 Å². The van der Waals surface area contributed by atoms with Crippen molar-refractivity contribution in [1.82, 2.24) is 0 Å². The highest BCUT2D eigenvalue weighted by Crippen LogP contribution is 2.22. The number of para-hydroxylation sites is 1. The lowest BCUT2D eigenvalue weighted by Gasteiger charge is -2.26. The first-order chi connectivity index (χ1) is 9.35. The molecule has 2 rings (SSSR count). The molecule has 100 valence electrons. The molecule has 0 radical (unpaired) electrons. The van der Waals surface area contributed by atoms with Gasteiger partial charge in [-0.2, -0.15) is 0 Å². The van der Waals surface area contributed by atoms with Crippen molar-refractivity contribution in [3.05, 3.63) is 65.7 Å². The van der Waals surface area contributed by atoms with Crippen molar-refractivity contribution in [2.45, 2.75) is 19.9 Å². The lowest BCUT2D eigenvalue weighted by Crippen LogP contribution is -2.23. The fraction of sp³-hybridized carbons (Fsp3) is 0.294. The molecular weight excluding hydrogens is 232 g/mol. The Bertz CT molecular complexity index is 494. The van der Waals surface area contributed by atoms with Crippen LogP contribution in [0.1, 0.15) is 18.1 Å². The number of hydrogen-bond donors (Lipinski definition) is 1. The zero-order valence-electron chi connectivity index (χ0n) is 11.5. The topological polar surface area (TPSA) is 29.3 Å². The Morgan fingerprint density at radius 1 is 0.947 bits per heavy atom. The van der Waals surface area contributed by atoms with Crippen LogP contribution < -0.4 is 10.6 Å². The number of benzene rings is 2. The van der Waals surface area contributed by atoms with Gasteiger partial charge < -0.3 is 10.6 Å². The molecule has 19 heavy (non-hydrogen) atoms. The molecule has 0 amide bonds. The lowest BCUT2D eigenvalue weighted by atomic mass is 10.1. The third-order valence-corrected chi connectivity index (χ3v) is 3.34. The van der Waals surface area contributed by atoms with E-state index in [0.717, 1.165) is 19.5 Å². The summed E-state index contributed by atoms with van der Waals surface area (Å²) in [6, 6.07) is 19.1. The van der Waals surface area contributed by atoms with Crippen molar-refractivity contribution in [2.75, 3.05) is 18.0 Å². The zero-order chi connectivity index (χ0) is 13.5. The van der Waals surface area contributed by atoms with Gasteiger partial charge in [-0.3, -0.25) is 0 Å². The van der Waals surface area contributed by atoms with E-state index in [4.69, 9.17) is 5.73 Å². The second-order valence-electron chi connectivity index (χ2n) is 4.67. The average Bonchev–Trinajstić information content (AvgIpc) is 2.47. The molecule has 0 bridgehead atoms. The van der Waals surface area contributed by atoms with Gasteiger partial charge in [-0.05, 0) is 37.1 Å². The smallest absolute Gasteiger partial charge is 0.0429 e. The fourth-order valence-electron chi connectivity index (χ4n) is 2.36. The minimum Gasteiger partial charge on any atom is -0.367 e. The van der Waals surface area contributed by atoms with Crippen molar-refractivity contribution in [2.24, 2.45) is 5.73 Å². The van der Waals surface area contributed by atoms with Crippen LogP contribution in [0.15, 0.2) is 54.6 Å². The molecule has 0 spiro atoms. The van der Waals surface area contributed by atoms with Gasteiger partial charge >= 0.3 is 0 Å². The lowest BCUT2D eigenvalue weighted by molar-refractivity contribution is 0.818. The molecule has 2 nitrogen and oxygen atoms in total. The second kappa shape index (κ2) is 6.95. The molecule has 0 fully saturated rings. The van der Waals surface area contributed by atoms with E-state index in [1.165, 1.54) is 16.8 Å². The van der Waals surface area contributed by atoms with Crippen molar-refractivity contribution >= 4 is 5.69 Å². The van der Waals surface area contributed by atoms with Gasteiger partial charge in [-0.15, -0.1) is 0 Å². The quantitative estimate of drug-likeness (QED) is 0.857. The predicted molar refractivity (Wildman–Crippen MR) is 82.4 cm³/mol. The SMILES string of the molecule is CCN(Cc1ccccc1)c1ccccc1CCN. The fourth-order valence-corrected chi connectivity index (χ4v) is 2.36. The number of anilines is 1. The van der Waals surface area contributed by atoms with E-state index in [0.29, 0.717) is 6.54 Å². The second-order valence-corrected chi connectivity index (χ2v) is 4.67. The molecule has 0 aliphatic rings. The first-order valence-corrected chi connectivity index (χ1v) is 6.92. The van der Waals surface area contributed by atoms with Crippen LogP contribution in [0, 0.1) is 0 Å². The summed E-state index contributed by atoms with van der Waals surface area (Å²) in [5.41, 5.74) is 9.69. The highest BCUT2D eigenvalue weighted by molar-refractivity contribution is 5.54. The Balaban J connectivity index is 2.22. The summed E-state index contributed by atoms with van der Waals surface area (Å²) < 4.78 is 0. The minimum atomic E-state index is 0.694. The molecule has 0 aliphatic carbocycles. The summed E-state index contributed by atoms with van der Waals surface area (Å²) in [6.45, 7) is 4.83. The number of nitrogens with two attached hydrogens (primary N) is 1. The Labute approximate surface area is 115 Å². The van der Waals surface area contributed by atoms with E-state index in [1.807, 2.05) is 0 Å². The van der Waals surface area contributed by atoms with Crippen LogP contribution in [0.2, 0.25) is 0 Å². The van der Waals surface area contributed by atoms with E-state index in [2.05, 4.69) is 66.4 Å². The van der Waals surface area contributed by atoms with Gasteiger partial charge in [0.05, 0.1) is 0 Å². The molecule has 2 N–H and O–H groups in total. The van der Waals surface area contributed by atoms with Gasteiger partial charge in [0, 0.05) is 18.8 Å². The maximum atomic E-state index is 5.71. The summed E-state index contributed by atoms with van der Waals surface area (Å²) in [7, 11) is 0. The molecule has 0 heterocycles. The summed E-state index contributed by atoms with van der Waals surface area (Å²) in [5, 5.41) is 0. The summed E-state index contributed by atoms with van der Waals surface area (Å²) in [6.07, 6.45) is 0.932. The summed E-state index contributed by atoms with van der Waals surface area (Å²) in [5.74, 6) is 0. The molecule has 0 saturated carbocycles.